The van der Waals surface area contributed by atoms with Crippen LogP contribution in [0.3, 0.4) is 0 Å². The quantitative estimate of drug-likeness (QED) is 0.672. The highest BCUT2D eigenvalue weighted by atomic mass is 32.1. The van der Waals surface area contributed by atoms with Gasteiger partial charge in [-0.15, -0.1) is 11.3 Å². The molecule has 0 radical (unpaired) electrons. The van der Waals surface area contributed by atoms with E-state index in [1.807, 2.05) is 30.3 Å². The topological polar surface area (TPSA) is 49.4 Å². The number of hydrogen-bond acceptors (Lipinski definition) is 3. The first-order chi connectivity index (χ1) is 15.1. The Labute approximate surface area is 189 Å². The molecule has 1 aromatic heterocycles. The van der Waals surface area contributed by atoms with Gasteiger partial charge in [-0.1, -0.05) is 56.9 Å². The molecular weight excluding hydrogens is 404 g/mol. The average molecular weight is 437 g/mol. The van der Waals surface area contributed by atoms with Crippen molar-refractivity contribution < 1.29 is 9.59 Å². The van der Waals surface area contributed by atoms with Crippen molar-refractivity contribution in [3.8, 4) is 0 Å². The van der Waals surface area contributed by atoms with E-state index in [4.69, 9.17) is 0 Å². The SMILES string of the molecule is C[C@@H]1CCCC[C@@H]1NC(=O)[C@H]1c2ccccc2C(=O)N(C2CCCC2)[C@@H]1c1cccs1. The number of carbonyl (C=O) groups excluding carboxylic acids is 2. The molecule has 2 heterocycles. The van der Waals surface area contributed by atoms with Crippen LogP contribution in [0, 0.1) is 5.92 Å². The van der Waals surface area contributed by atoms with Gasteiger partial charge in [-0.25, -0.2) is 0 Å². The smallest absolute Gasteiger partial charge is 0.254 e. The second-order valence-electron chi connectivity index (χ2n) is 9.55. The molecule has 0 spiro atoms. The van der Waals surface area contributed by atoms with Crippen LogP contribution in [0.15, 0.2) is 41.8 Å². The standard InChI is InChI=1S/C26H32N2O2S/c1-17-9-2-7-14-21(17)27-25(29)23-19-12-5-6-13-20(19)26(30)28(18-10-3-4-11-18)24(23)22-15-8-16-31-22/h5-6,8,12-13,15-18,21,23-24H,2-4,7,9-11,14H2,1H3,(H,27,29)/t17-,21+,23+,24-/m1/s1. The van der Waals surface area contributed by atoms with E-state index in [0.29, 0.717) is 11.5 Å². The minimum absolute atomic E-state index is 0.0834. The van der Waals surface area contributed by atoms with Crippen LogP contribution < -0.4 is 5.32 Å². The number of nitrogens with zero attached hydrogens (tertiary/aromatic N) is 1. The van der Waals surface area contributed by atoms with E-state index in [1.165, 1.54) is 19.3 Å². The molecule has 1 aliphatic heterocycles. The molecule has 2 aliphatic carbocycles. The summed E-state index contributed by atoms with van der Waals surface area (Å²) < 4.78 is 0. The fraction of sp³-hybridized carbons (Fsp3) is 0.538. The summed E-state index contributed by atoms with van der Waals surface area (Å²) in [6, 6.07) is 12.2. The van der Waals surface area contributed by atoms with Gasteiger partial charge in [-0.3, -0.25) is 9.59 Å². The predicted octanol–water partition coefficient (Wildman–Crippen LogP) is 5.67. The lowest BCUT2D eigenvalue weighted by Crippen LogP contribution is -2.52. The fourth-order valence-electron chi connectivity index (χ4n) is 5.98. The third-order valence-electron chi connectivity index (χ3n) is 7.65. The van der Waals surface area contributed by atoms with Crippen molar-refractivity contribution >= 4 is 23.2 Å². The highest BCUT2D eigenvalue weighted by Crippen LogP contribution is 2.47. The molecule has 2 aromatic rings. The third kappa shape index (κ3) is 3.82. The van der Waals surface area contributed by atoms with E-state index in [0.717, 1.165) is 42.5 Å². The highest BCUT2D eigenvalue weighted by molar-refractivity contribution is 7.10. The monoisotopic (exact) mass is 436 g/mol. The zero-order valence-electron chi connectivity index (χ0n) is 18.3. The Hall–Kier alpha value is -2.14. The van der Waals surface area contributed by atoms with Crippen LogP contribution in [0.1, 0.15) is 91.0 Å². The summed E-state index contributed by atoms with van der Waals surface area (Å²) in [5.74, 6) is 0.322. The number of hydrogen-bond donors (Lipinski definition) is 1. The van der Waals surface area contributed by atoms with Crippen molar-refractivity contribution in [2.45, 2.75) is 82.3 Å². The lowest BCUT2D eigenvalue weighted by atomic mass is 9.79. The summed E-state index contributed by atoms with van der Waals surface area (Å²) in [6.07, 6.45) is 9.03. The Morgan fingerprint density at radius 2 is 1.74 bits per heavy atom. The third-order valence-corrected chi connectivity index (χ3v) is 8.59. The van der Waals surface area contributed by atoms with E-state index in [2.05, 4.69) is 28.6 Å². The molecule has 164 valence electrons. The Kier molecular flexibility index (Phi) is 5.87. The number of carbonyl (C=O) groups is 2. The minimum atomic E-state index is -0.359. The van der Waals surface area contributed by atoms with Crippen molar-refractivity contribution in [2.75, 3.05) is 0 Å². The summed E-state index contributed by atoms with van der Waals surface area (Å²) >= 11 is 1.66. The second kappa shape index (κ2) is 8.78. The minimum Gasteiger partial charge on any atom is -0.352 e. The molecule has 1 aromatic carbocycles. The Balaban J connectivity index is 1.57. The molecule has 4 nitrogen and oxygen atoms in total. The van der Waals surface area contributed by atoms with Gasteiger partial charge in [0.2, 0.25) is 5.91 Å². The molecule has 2 fully saturated rings. The van der Waals surface area contributed by atoms with Gasteiger partial charge in [0.15, 0.2) is 0 Å². The zero-order chi connectivity index (χ0) is 21.4. The lowest BCUT2D eigenvalue weighted by Gasteiger charge is -2.45. The molecule has 0 bridgehead atoms. The molecule has 3 aliphatic rings. The van der Waals surface area contributed by atoms with Crippen LogP contribution in [-0.4, -0.2) is 28.8 Å². The van der Waals surface area contributed by atoms with Gasteiger partial charge < -0.3 is 10.2 Å². The van der Waals surface area contributed by atoms with Crippen molar-refractivity contribution in [1.29, 1.82) is 0 Å². The van der Waals surface area contributed by atoms with Crippen LogP contribution in [0.5, 0.6) is 0 Å². The van der Waals surface area contributed by atoms with Gasteiger partial charge in [0.05, 0.1) is 12.0 Å². The van der Waals surface area contributed by atoms with E-state index in [-0.39, 0.29) is 35.9 Å². The van der Waals surface area contributed by atoms with E-state index >= 15 is 0 Å². The van der Waals surface area contributed by atoms with Crippen molar-refractivity contribution in [3.63, 3.8) is 0 Å². The molecule has 0 unspecified atom stereocenters. The van der Waals surface area contributed by atoms with Crippen molar-refractivity contribution in [2.24, 2.45) is 5.92 Å². The van der Waals surface area contributed by atoms with Gasteiger partial charge in [0.1, 0.15) is 0 Å². The van der Waals surface area contributed by atoms with Gasteiger partial charge in [0.25, 0.3) is 5.91 Å². The zero-order valence-corrected chi connectivity index (χ0v) is 19.1. The summed E-state index contributed by atoms with van der Waals surface area (Å²) in [6.45, 7) is 2.25. The van der Waals surface area contributed by atoms with E-state index < -0.39 is 0 Å². The molecule has 5 heteroatoms. The lowest BCUT2D eigenvalue weighted by molar-refractivity contribution is -0.125. The first-order valence-electron chi connectivity index (χ1n) is 11.9. The van der Waals surface area contributed by atoms with Gasteiger partial charge in [0, 0.05) is 22.5 Å². The van der Waals surface area contributed by atoms with Crippen LogP contribution >= 0.6 is 11.3 Å². The average Bonchev–Trinajstić information content (AvgIpc) is 3.49. The summed E-state index contributed by atoms with van der Waals surface area (Å²) in [4.78, 5) is 30.8. The number of thiophene rings is 1. The van der Waals surface area contributed by atoms with Gasteiger partial charge in [-0.05, 0) is 54.7 Å². The number of nitrogens with one attached hydrogen (secondary N) is 1. The molecule has 1 N–H and O–H groups in total. The van der Waals surface area contributed by atoms with Crippen molar-refractivity contribution in [1.82, 2.24) is 10.2 Å². The maximum absolute atomic E-state index is 13.9. The number of benzene rings is 1. The van der Waals surface area contributed by atoms with Gasteiger partial charge in [-0.2, -0.15) is 0 Å². The fourth-order valence-corrected chi connectivity index (χ4v) is 6.84. The number of amides is 2. The molecule has 4 atom stereocenters. The van der Waals surface area contributed by atoms with Crippen LogP contribution in [0.25, 0.3) is 0 Å². The molecular formula is C26H32N2O2S. The number of fused-ring (bicyclic) bond motifs is 1. The van der Waals surface area contributed by atoms with Crippen LogP contribution in [-0.2, 0) is 4.79 Å². The van der Waals surface area contributed by atoms with Crippen LogP contribution in [0.2, 0.25) is 0 Å². The first-order valence-corrected chi connectivity index (χ1v) is 12.8. The van der Waals surface area contributed by atoms with Crippen molar-refractivity contribution in [3.05, 3.63) is 57.8 Å². The maximum atomic E-state index is 13.9. The first kappa shape index (κ1) is 20.7. The molecule has 0 saturated heterocycles. The number of rotatable bonds is 4. The Morgan fingerprint density at radius 1 is 1.00 bits per heavy atom. The summed E-state index contributed by atoms with van der Waals surface area (Å²) in [7, 11) is 0. The Morgan fingerprint density at radius 3 is 2.48 bits per heavy atom. The van der Waals surface area contributed by atoms with E-state index in [9.17, 15) is 9.59 Å². The van der Waals surface area contributed by atoms with E-state index in [1.54, 1.807) is 11.3 Å². The second-order valence-corrected chi connectivity index (χ2v) is 10.5. The van der Waals surface area contributed by atoms with Crippen LogP contribution in [0.4, 0.5) is 0 Å². The predicted molar refractivity (Wildman–Crippen MR) is 124 cm³/mol. The summed E-state index contributed by atoms with van der Waals surface area (Å²) in [5, 5.41) is 5.49. The Bertz CT molecular complexity index is 935. The molecule has 5 rings (SSSR count). The normalized spacial score (nSPS) is 29.1. The molecule has 2 amide bonds. The molecule has 2 saturated carbocycles. The highest BCUT2D eigenvalue weighted by Gasteiger charge is 2.47. The van der Waals surface area contributed by atoms with Gasteiger partial charge >= 0.3 is 0 Å². The molecule has 31 heavy (non-hydrogen) atoms. The summed E-state index contributed by atoms with van der Waals surface area (Å²) in [5.41, 5.74) is 1.60. The largest absolute Gasteiger partial charge is 0.352 e. The maximum Gasteiger partial charge on any atom is 0.254 e.